The summed E-state index contributed by atoms with van der Waals surface area (Å²) in [6.45, 7) is 8.07. The quantitative estimate of drug-likeness (QED) is 0.396. The van der Waals surface area contributed by atoms with Crippen molar-refractivity contribution < 1.29 is 19.1 Å². The van der Waals surface area contributed by atoms with Gasteiger partial charge in [0.25, 0.3) is 5.91 Å². The fraction of sp³-hybridized carbons (Fsp3) is 0.522. The van der Waals surface area contributed by atoms with Crippen LogP contribution in [-0.2, 0) is 11.2 Å². The summed E-state index contributed by atoms with van der Waals surface area (Å²) in [5.41, 5.74) is 3.41. The normalized spacial score (nSPS) is 10.8. The Balaban J connectivity index is 1.92. The molecule has 2 rings (SSSR count). The number of carbonyl (C=O) groups is 2. The first kappa shape index (κ1) is 22.7. The molecule has 158 valence electrons. The first-order valence-corrected chi connectivity index (χ1v) is 10.5. The Hall–Kier alpha value is -2.63. The first-order valence-electron chi connectivity index (χ1n) is 10.5. The monoisotopic (exact) mass is 400 g/mol. The van der Waals surface area contributed by atoms with Gasteiger partial charge in [-0.1, -0.05) is 32.6 Å². The summed E-state index contributed by atoms with van der Waals surface area (Å²) in [5, 5.41) is 4.42. The molecule has 29 heavy (non-hydrogen) atoms. The van der Waals surface area contributed by atoms with Crippen molar-refractivity contribution >= 4 is 11.9 Å². The highest BCUT2D eigenvalue weighted by Crippen LogP contribution is 2.18. The summed E-state index contributed by atoms with van der Waals surface area (Å²) >= 11 is 0. The smallest absolute Gasteiger partial charge is 0.338 e. The second-order valence-corrected chi connectivity index (χ2v) is 7.15. The van der Waals surface area contributed by atoms with Gasteiger partial charge in [-0.15, -0.1) is 0 Å². The van der Waals surface area contributed by atoms with Gasteiger partial charge in [0.15, 0.2) is 6.61 Å². The predicted octanol–water partition coefficient (Wildman–Crippen LogP) is 4.91. The molecule has 0 saturated carbocycles. The Kier molecular flexibility index (Phi) is 8.90. The number of nitrogens with zero attached hydrogens (tertiary/aromatic N) is 2. The highest BCUT2D eigenvalue weighted by Gasteiger charge is 2.17. The van der Waals surface area contributed by atoms with E-state index in [1.54, 1.807) is 31.2 Å². The van der Waals surface area contributed by atoms with Crippen molar-refractivity contribution in [1.29, 1.82) is 0 Å². The van der Waals surface area contributed by atoms with Crippen LogP contribution in [0.4, 0.5) is 0 Å². The minimum Gasteiger partial charge on any atom is -0.484 e. The number of hydrogen-bond donors (Lipinski definition) is 0. The van der Waals surface area contributed by atoms with Crippen LogP contribution in [-0.4, -0.2) is 34.9 Å². The number of esters is 1. The van der Waals surface area contributed by atoms with E-state index in [0.29, 0.717) is 17.9 Å². The van der Waals surface area contributed by atoms with Crippen LogP contribution in [0.2, 0.25) is 0 Å². The van der Waals surface area contributed by atoms with Crippen LogP contribution in [0, 0.1) is 13.8 Å². The molecule has 0 aliphatic heterocycles. The second kappa shape index (κ2) is 11.4. The molecule has 0 saturated heterocycles. The van der Waals surface area contributed by atoms with E-state index in [1.165, 1.54) is 30.4 Å². The van der Waals surface area contributed by atoms with Crippen molar-refractivity contribution in [2.45, 2.75) is 66.2 Å². The number of aryl methyl sites for hydroxylation is 1. The fourth-order valence-corrected chi connectivity index (χ4v) is 3.29. The highest BCUT2D eigenvalue weighted by molar-refractivity contribution is 5.89. The van der Waals surface area contributed by atoms with E-state index in [9.17, 15) is 9.59 Å². The second-order valence-electron chi connectivity index (χ2n) is 7.15. The van der Waals surface area contributed by atoms with E-state index in [0.717, 1.165) is 29.8 Å². The molecule has 0 aliphatic rings. The fourth-order valence-electron chi connectivity index (χ4n) is 3.29. The molecule has 1 aromatic carbocycles. The summed E-state index contributed by atoms with van der Waals surface area (Å²) < 4.78 is 12.0. The van der Waals surface area contributed by atoms with E-state index in [-0.39, 0.29) is 18.5 Å². The topological polar surface area (TPSA) is 70.4 Å². The lowest BCUT2D eigenvalue weighted by atomic mass is 10.0. The Labute approximate surface area is 173 Å². The Morgan fingerprint density at radius 3 is 2.34 bits per heavy atom. The molecule has 0 fully saturated rings. The zero-order valence-electron chi connectivity index (χ0n) is 18.0. The van der Waals surface area contributed by atoms with Gasteiger partial charge in [-0.2, -0.15) is 5.10 Å². The number of benzene rings is 1. The van der Waals surface area contributed by atoms with E-state index in [1.807, 2.05) is 13.8 Å². The molecule has 0 unspecified atom stereocenters. The largest absolute Gasteiger partial charge is 0.484 e. The third-order valence-corrected chi connectivity index (χ3v) is 4.94. The van der Waals surface area contributed by atoms with Crippen molar-refractivity contribution in [3.63, 3.8) is 0 Å². The van der Waals surface area contributed by atoms with Gasteiger partial charge in [0.05, 0.1) is 17.9 Å². The number of ether oxygens (including phenoxy) is 2. The van der Waals surface area contributed by atoms with Crippen LogP contribution in [0.15, 0.2) is 24.3 Å². The predicted molar refractivity (Wildman–Crippen MR) is 113 cm³/mol. The zero-order chi connectivity index (χ0) is 21.2. The van der Waals surface area contributed by atoms with Crippen molar-refractivity contribution in [3.05, 3.63) is 46.8 Å². The minimum atomic E-state index is -0.375. The molecule has 0 amide bonds. The summed E-state index contributed by atoms with van der Waals surface area (Å²) in [5.74, 6) is -0.0682. The Morgan fingerprint density at radius 2 is 1.69 bits per heavy atom. The number of unbranched alkanes of at least 4 members (excludes halogenated alkanes) is 4. The number of carbonyl (C=O) groups excluding carboxylic acids is 2. The van der Waals surface area contributed by atoms with Crippen LogP contribution >= 0.6 is 0 Å². The minimum absolute atomic E-state index is 0.114. The maximum Gasteiger partial charge on any atom is 0.338 e. The molecule has 1 heterocycles. The summed E-state index contributed by atoms with van der Waals surface area (Å²) in [6, 6.07) is 6.56. The molecule has 0 bridgehead atoms. The van der Waals surface area contributed by atoms with Gasteiger partial charge < -0.3 is 9.47 Å². The molecule has 0 aliphatic carbocycles. The Morgan fingerprint density at radius 1 is 1.00 bits per heavy atom. The molecule has 0 spiro atoms. The zero-order valence-corrected chi connectivity index (χ0v) is 18.0. The molecule has 2 aromatic rings. The third-order valence-electron chi connectivity index (χ3n) is 4.94. The highest BCUT2D eigenvalue weighted by atomic mass is 16.5. The van der Waals surface area contributed by atoms with Crippen LogP contribution in [0.5, 0.6) is 5.75 Å². The summed E-state index contributed by atoms with van der Waals surface area (Å²) in [4.78, 5) is 24.3. The maximum absolute atomic E-state index is 12.6. The van der Waals surface area contributed by atoms with Gasteiger partial charge in [-0.25, -0.2) is 9.48 Å². The van der Waals surface area contributed by atoms with Crippen LogP contribution in [0.3, 0.4) is 0 Å². The lowest BCUT2D eigenvalue weighted by Gasteiger charge is -2.08. The molecular weight excluding hydrogens is 368 g/mol. The first-order chi connectivity index (χ1) is 14.0. The van der Waals surface area contributed by atoms with Crippen molar-refractivity contribution in [1.82, 2.24) is 9.78 Å². The molecule has 0 radical (unpaired) electrons. The van der Waals surface area contributed by atoms with E-state index >= 15 is 0 Å². The van der Waals surface area contributed by atoms with Crippen LogP contribution < -0.4 is 4.74 Å². The van der Waals surface area contributed by atoms with Crippen LogP contribution in [0.25, 0.3) is 0 Å². The van der Waals surface area contributed by atoms with Gasteiger partial charge in [-0.05, 0) is 63.4 Å². The van der Waals surface area contributed by atoms with Gasteiger partial charge in [0, 0.05) is 5.69 Å². The van der Waals surface area contributed by atoms with Gasteiger partial charge in [0.2, 0.25) is 0 Å². The average Bonchev–Trinajstić information content (AvgIpc) is 3.00. The third kappa shape index (κ3) is 6.44. The SMILES string of the molecule is CCCCCCCc1c(C)nn(C(=O)COc2ccc(C(=O)OCC)cc2)c1C. The van der Waals surface area contributed by atoms with Crippen molar-refractivity contribution in [3.8, 4) is 5.75 Å². The molecule has 6 nitrogen and oxygen atoms in total. The Bertz CT molecular complexity index is 809. The lowest BCUT2D eigenvalue weighted by molar-refractivity contribution is 0.0526. The van der Waals surface area contributed by atoms with Crippen molar-refractivity contribution in [2.75, 3.05) is 13.2 Å². The van der Waals surface area contributed by atoms with Gasteiger partial charge in [-0.3, -0.25) is 4.79 Å². The van der Waals surface area contributed by atoms with E-state index in [2.05, 4.69) is 12.0 Å². The van der Waals surface area contributed by atoms with Crippen LogP contribution in [0.1, 0.15) is 78.1 Å². The van der Waals surface area contributed by atoms with Gasteiger partial charge in [0.1, 0.15) is 5.75 Å². The molecule has 1 aromatic heterocycles. The molecular formula is C23H32N2O4. The van der Waals surface area contributed by atoms with E-state index in [4.69, 9.17) is 9.47 Å². The summed E-state index contributed by atoms with van der Waals surface area (Å²) in [7, 11) is 0. The van der Waals surface area contributed by atoms with Gasteiger partial charge >= 0.3 is 5.97 Å². The number of hydrogen-bond acceptors (Lipinski definition) is 5. The lowest BCUT2D eigenvalue weighted by Crippen LogP contribution is -2.21. The molecule has 6 heteroatoms. The van der Waals surface area contributed by atoms with E-state index < -0.39 is 0 Å². The molecule has 0 atom stereocenters. The molecule has 0 N–H and O–H groups in total. The standard InChI is InChI=1S/C23H32N2O4/c1-5-7-8-9-10-11-21-17(3)24-25(18(21)4)22(26)16-29-20-14-12-19(13-15-20)23(27)28-6-2/h12-15H,5-11,16H2,1-4H3. The number of rotatable bonds is 11. The number of aromatic nitrogens is 2. The van der Waals surface area contributed by atoms with Crippen molar-refractivity contribution in [2.24, 2.45) is 0 Å². The summed E-state index contributed by atoms with van der Waals surface area (Å²) in [6.07, 6.45) is 7.03. The maximum atomic E-state index is 12.6. The average molecular weight is 401 g/mol.